The molecule has 0 radical (unpaired) electrons. The molecule has 2 heterocycles. The lowest BCUT2D eigenvalue weighted by Gasteiger charge is -2.25. The van der Waals surface area contributed by atoms with E-state index in [0.29, 0.717) is 0 Å². The van der Waals surface area contributed by atoms with E-state index >= 15 is 0 Å². The zero-order chi connectivity index (χ0) is 11.0. The second kappa shape index (κ2) is 3.47. The molecular weight excluding hydrogens is 203 g/mol. The first-order chi connectivity index (χ1) is 7.13. The van der Waals surface area contributed by atoms with Crippen LogP contribution >= 0.6 is 0 Å². The Labute approximate surface area is 85.1 Å². The van der Waals surface area contributed by atoms with Gasteiger partial charge in [0.05, 0.1) is 6.61 Å². The molecule has 0 fully saturated rings. The molecule has 15 heavy (non-hydrogen) atoms. The highest BCUT2D eigenvalue weighted by Gasteiger charge is 2.25. The number of likely N-dealkylation sites (N-methyl/N-ethyl adjacent to an activating group) is 1. The minimum Gasteiger partial charge on any atom is -0.480 e. The van der Waals surface area contributed by atoms with Crippen LogP contribution in [0.1, 0.15) is 5.69 Å². The van der Waals surface area contributed by atoms with Gasteiger partial charge in [0.25, 0.3) is 5.91 Å². The van der Waals surface area contributed by atoms with E-state index in [1.165, 1.54) is 11.9 Å². The number of anilines is 1. The van der Waals surface area contributed by atoms with E-state index in [1.54, 1.807) is 0 Å². The van der Waals surface area contributed by atoms with Crippen LogP contribution in [0, 0.1) is 5.82 Å². The lowest BCUT2D eigenvalue weighted by molar-refractivity contribution is -0.121. The lowest BCUT2D eigenvalue weighted by atomic mass is 10.3. The molecule has 0 spiro atoms. The number of aliphatic hydroxyl groups excluding tert-OH is 1. The quantitative estimate of drug-likeness (QED) is 0.715. The highest BCUT2D eigenvalue weighted by atomic mass is 19.1. The van der Waals surface area contributed by atoms with Gasteiger partial charge in [0.1, 0.15) is 5.69 Å². The molecule has 1 amide bonds. The Bertz CT molecular complexity index is 422. The monoisotopic (exact) mass is 212 g/mol. The number of ether oxygens (including phenoxy) is 1. The first kappa shape index (κ1) is 9.85. The maximum atomic E-state index is 13.2. The summed E-state index contributed by atoms with van der Waals surface area (Å²) in [7, 11) is 1.52. The van der Waals surface area contributed by atoms with Gasteiger partial charge in [0.2, 0.25) is 0 Å². The molecule has 0 aliphatic carbocycles. The van der Waals surface area contributed by atoms with Gasteiger partial charge in [0, 0.05) is 13.1 Å². The van der Waals surface area contributed by atoms with Gasteiger partial charge in [0.15, 0.2) is 24.0 Å². The Morgan fingerprint density at radius 3 is 3.13 bits per heavy atom. The number of halogens is 1. The van der Waals surface area contributed by atoms with E-state index in [1.807, 2.05) is 0 Å². The molecule has 2 rings (SSSR count). The molecule has 1 aliphatic heterocycles. The van der Waals surface area contributed by atoms with Crippen molar-refractivity contribution in [1.29, 1.82) is 0 Å². The van der Waals surface area contributed by atoms with Crippen molar-refractivity contribution in [2.24, 2.45) is 0 Å². The summed E-state index contributed by atoms with van der Waals surface area (Å²) in [5.74, 6) is -0.451. The fourth-order valence-corrected chi connectivity index (χ4v) is 1.31. The summed E-state index contributed by atoms with van der Waals surface area (Å²) < 4.78 is 18.2. The van der Waals surface area contributed by atoms with E-state index in [4.69, 9.17) is 9.84 Å². The first-order valence-electron chi connectivity index (χ1n) is 4.33. The average molecular weight is 212 g/mol. The summed E-state index contributed by atoms with van der Waals surface area (Å²) in [5.41, 5.74) is -0.0982. The Morgan fingerprint density at radius 1 is 1.73 bits per heavy atom. The van der Waals surface area contributed by atoms with Crippen molar-refractivity contribution in [1.82, 2.24) is 4.98 Å². The van der Waals surface area contributed by atoms with Gasteiger partial charge in [-0.15, -0.1) is 0 Å². The number of nitrogens with zero attached hydrogens (tertiary/aromatic N) is 2. The van der Waals surface area contributed by atoms with Crippen molar-refractivity contribution >= 4 is 11.7 Å². The summed E-state index contributed by atoms with van der Waals surface area (Å²) in [6.45, 7) is -0.635. The average Bonchev–Trinajstić information content (AvgIpc) is 2.23. The van der Waals surface area contributed by atoms with Crippen LogP contribution in [-0.4, -0.2) is 29.7 Å². The predicted molar refractivity (Wildman–Crippen MR) is 49.0 cm³/mol. The number of rotatable bonds is 1. The van der Waals surface area contributed by atoms with Gasteiger partial charge in [-0.1, -0.05) is 0 Å². The van der Waals surface area contributed by atoms with Crippen LogP contribution in [0.2, 0.25) is 0 Å². The molecule has 0 unspecified atom stereocenters. The number of fused-ring (bicyclic) bond motifs is 1. The minimum absolute atomic E-state index is 0.0982. The van der Waals surface area contributed by atoms with Crippen molar-refractivity contribution in [3.05, 3.63) is 17.6 Å². The van der Waals surface area contributed by atoms with Crippen molar-refractivity contribution in [3.63, 3.8) is 0 Å². The van der Waals surface area contributed by atoms with Gasteiger partial charge in [-0.05, 0) is 0 Å². The summed E-state index contributed by atoms with van der Waals surface area (Å²) in [6, 6.07) is 1.12. The SMILES string of the molecule is CN1C(=O)COc2cc(F)c(CO)nc21. The minimum atomic E-state index is -0.640. The Kier molecular flexibility index (Phi) is 2.28. The molecular formula is C9H9FN2O3. The lowest BCUT2D eigenvalue weighted by Crippen LogP contribution is -2.36. The number of carbonyl (C=O) groups is 1. The third kappa shape index (κ3) is 1.52. The maximum Gasteiger partial charge on any atom is 0.265 e. The third-order valence-electron chi connectivity index (χ3n) is 2.19. The summed E-state index contributed by atoms with van der Waals surface area (Å²) >= 11 is 0. The Morgan fingerprint density at radius 2 is 2.47 bits per heavy atom. The molecule has 80 valence electrons. The largest absolute Gasteiger partial charge is 0.480 e. The molecule has 1 aromatic rings. The van der Waals surface area contributed by atoms with Gasteiger partial charge in [-0.2, -0.15) is 0 Å². The zero-order valence-corrected chi connectivity index (χ0v) is 8.03. The number of hydrogen-bond acceptors (Lipinski definition) is 4. The van der Waals surface area contributed by atoms with E-state index in [0.717, 1.165) is 6.07 Å². The van der Waals surface area contributed by atoms with E-state index < -0.39 is 12.4 Å². The van der Waals surface area contributed by atoms with E-state index in [9.17, 15) is 9.18 Å². The fourth-order valence-electron chi connectivity index (χ4n) is 1.31. The van der Waals surface area contributed by atoms with Crippen molar-refractivity contribution in [2.75, 3.05) is 18.6 Å². The van der Waals surface area contributed by atoms with Gasteiger partial charge in [-0.25, -0.2) is 9.37 Å². The Balaban J connectivity index is 2.53. The highest BCUT2D eigenvalue weighted by Crippen LogP contribution is 2.30. The molecule has 6 heteroatoms. The number of pyridine rings is 1. The summed E-state index contributed by atoms with van der Waals surface area (Å²) in [5, 5.41) is 8.83. The fraction of sp³-hybridized carbons (Fsp3) is 0.333. The third-order valence-corrected chi connectivity index (χ3v) is 2.19. The van der Waals surface area contributed by atoms with Crippen LogP contribution in [-0.2, 0) is 11.4 Å². The second-order valence-corrected chi connectivity index (χ2v) is 3.14. The van der Waals surface area contributed by atoms with Crippen LogP contribution in [0.3, 0.4) is 0 Å². The van der Waals surface area contributed by atoms with Gasteiger partial charge >= 0.3 is 0 Å². The number of hydrogen-bond donors (Lipinski definition) is 1. The molecule has 0 aromatic carbocycles. The van der Waals surface area contributed by atoms with Crippen molar-refractivity contribution in [3.8, 4) is 5.75 Å². The zero-order valence-electron chi connectivity index (χ0n) is 8.03. The number of aliphatic hydroxyl groups is 1. The molecule has 1 aromatic heterocycles. The molecule has 0 atom stereocenters. The molecule has 0 saturated heterocycles. The molecule has 0 saturated carbocycles. The van der Waals surface area contributed by atoms with Crippen LogP contribution in [0.15, 0.2) is 6.07 Å². The van der Waals surface area contributed by atoms with Crippen molar-refractivity contribution in [2.45, 2.75) is 6.61 Å². The van der Waals surface area contributed by atoms with Gasteiger partial charge < -0.3 is 9.84 Å². The predicted octanol–water partition coefficient (Wildman–Crippen LogP) is 0.0682. The normalized spacial score (nSPS) is 14.9. The molecule has 1 N–H and O–H groups in total. The van der Waals surface area contributed by atoms with Crippen LogP contribution in [0.25, 0.3) is 0 Å². The van der Waals surface area contributed by atoms with Gasteiger partial charge in [-0.3, -0.25) is 9.69 Å². The first-order valence-corrected chi connectivity index (χ1v) is 4.33. The topological polar surface area (TPSA) is 62.7 Å². The molecule has 5 nitrogen and oxygen atoms in total. The number of amides is 1. The number of carbonyl (C=O) groups excluding carboxylic acids is 1. The molecule has 0 bridgehead atoms. The highest BCUT2D eigenvalue weighted by molar-refractivity contribution is 5.96. The van der Waals surface area contributed by atoms with E-state index in [-0.39, 0.29) is 29.8 Å². The van der Waals surface area contributed by atoms with Crippen LogP contribution in [0.5, 0.6) is 5.75 Å². The standard InChI is InChI=1S/C9H9FN2O3/c1-12-8(14)4-15-7-2-5(10)6(3-13)11-9(7)12/h2,13H,3-4H2,1H3. The maximum absolute atomic E-state index is 13.2. The summed E-state index contributed by atoms with van der Waals surface area (Å²) in [6.07, 6.45) is 0. The summed E-state index contributed by atoms with van der Waals surface area (Å²) in [4.78, 5) is 16.3. The van der Waals surface area contributed by atoms with E-state index in [2.05, 4.69) is 4.98 Å². The van der Waals surface area contributed by atoms with Crippen LogP contribution in [0.4, 0.5) is 10.2 Å². The molecule has 1 aliphatic rings. The second-order valence-electron chi connectivity index (χ2n) is 3.14. The number of aromatic nitrogens is 1. The Hall–Kier alpha value is -1.69. The smallest absolute Gasteiger partial charge is 0.265 e. The van der Waals surface area contributed by atoms with Crippen molar-refractivity contribution < 1.29 is 19.0 Å². The van der Waals surface area contributed by atoms with Crippen LogP contribution < -0.4 is 9.64 Å².